The van der Waals surface area contributed by atoms with Crippen LogP contribution in [0.5, 0.6) is 0 Å². The molecule has 2 atom stereocenters. The van der Waals surface area contributed by atoms with Gasteiger partial charge in [-0.3, -0.25) is 29.6 Å². The van der Waals surface area contributed by atoms with E-state index in [0.29, 0.717) is 0 Å². The van der Waals surface area contributed by atoms with E-state index in [2.05, 4.69) is 10.2 Å². The standard InChI is InChI=1S/C12H20N4O8/c1-11(9(21)13-23,5-3-7(17)18)15-16-12(2,10(22)14-24)6-4-8(19)20/h23-24H,3-6H2,1-2H3,(H,13,21)(H,14,22)(H,17,18)(H,19,20). The van der Waals surface area contributed by atoms with E-state index >= 15 is 0 Å². The third-order valence-electron chi connectivity index (χ3n) is 3.32. The van der Waals surface area contributed by atoms with Crippen LogP contribution in [0.3, 0.4) is 0 Å². The van der Waals surface area contributed by atoms with Crippen molar-refractivity contribution in [3.63, 3.8) is 0 Å². The third kappa shape index (κ3) is 6.26. The van der Waals surface area contributed by atoms with Crippen LogP contribution >= 0.6 is 0 Å². The molecule has 0 aliphatic heterocycles. The Morgan fingerprint density at radius 3 is 1.29 bits per heavy atom. The summed E-state index contributed by atoms with van der Waals surface area (Å²) in [5.41, 5.74) is -0.966. The molecule has 0 aromatic heterocycles. The van der Waals surface area contributed by atoms with Crippen molar-refractivity contribution < 1.29 is 39.8 Å². The minimum atomic E-state index is -1.81. The molecule has 0 aliphatic carbocycles. The van der Waals surface area contributed by atoms with E-state index in [1.54, 1.807) is 0 Å². The van der Waals surface area contributed by atoms with Gasteiger partial charge in [0, 0.05) is 12.8 Å². The lowest BCUT2D eigenvalue weighted by Crippen LogP contribution is -2.45. The van der Waals surface area contributed by atoms with Gasteiger partial charge in [0.1, 0.15) is 0 Å². The predicted molar refractivity (Wildman–Crippen MR) is 75.3 cm³/mol. The maximum Gasteiger partial charge on any atom is 0.303 e. The maximum absolute atomic E-state index is 11.7. The van der Waals surface area contributed by atoms with E-state index in [4.69, 9.17) is 20.6 Å². The molecule has 12 heteroatoms. The van der Waals surface area contributed by atoms with E-state index < -0.39 is 47.7 Å². The summed E-state index contributed by atoms with van der Waals surface area (Å²) in [6, 6.07) is 0. The number of carbonyl (C=O) groups excluding carboxylic acids is 2. The number of nitrogens with zero attached hydrogens (tertiary/aromatic N) is 2. The van der Waals surface area contributed by atoms with Crippen molar-refractivity contribution >= 4 is 23.8 Å². The fourth-order valence-electron chi connectivity index (χ4n) is 1.58. The summed E-state index contributed by atoms with van der Waals surface area (Å²) < 4.78 is 0. The highest BCUT2D eigenvalue weighted by Gasteiger charge is 2.38. The lowest BCUT2D eigenvalue weighted by molar-refractivity contribution is -0.141. The quantitative estimate of drug-likeness (QED) is 0.175. The van der Waals surface area contributed by atoms with Crippen LogP contribution in [-0.2, 0) is 19.2 Å². The van der Waals surface area contributed by atoms with Gasteiger partial charge in [0.2, 0.25) is 0 Å². The van der Waals surface area contributed by atoms with Gasteiger partial charge in [-0.05, 0) is 26.7 Å². The minimum Gasteiger partial charge on any atom is -0.481 e. The number of carboxylic acid groups (broad SMARTS) is 2. The smallest absolute Gasteiger partial charge is 0.303 e. The largest absolute Gasteiger partial charge is 0.481 e. The zero-order valence-electron chi connectivity index (χ0n) is 13.1. The van der Waals surface area contributed by atoms with Crippen LogP contribution in [0.1, 0.15) is 39.5 Å². The Bertz CT molecular complexity index is 491. The first-order chi connectivity index (χ1) is 11.0. The van der Waals surface area contributed by atoms with Gasteiger partial charge in [-0.1, -0.05) is 0 Å². The molecule has 0 saturated carbocycles. The van der Waals surface area contributed by atoms with Gasteiger partial charge in [-0.15, -0.1) is 0 Å². The number of hydrogen-bond donors (Lipinski definition) is 6. The van der Waals surface area contributed by atoms with Crippen molar-refractivity contribution in [3.05, 3.63) is 0 Å². The number of nitrogens with one attached hydrogen (secondary N) is 2. The van der Waals surface area contributed by atoms with Crippen LogP contribution in [0.2, 0.25) is 0 Å². The van der Waals surface area contributed by atoms with E-state index in [0.717, 1.165) is 0 Å². The molecular weight excluding hydrogens is 328 g/mol. The first-order valence-electron chi connectivity index (χ1n) is 6.77. The molecule has 12 nitrogen and oxygen atoms in total. The Hall–Kier alpha value is -2.60. The number of rotatable bonds is 10. The summed E-state index contributed by atoms with van der Waals surface area (Å²) in [6.45, 7) is 2.36. The molecule has 2 amide bonds. The normalized spacial score (nSPS) is 16.0. The summed E-state index contributed by atoms with van der Waals surface area (Å²) in [4.78, 5) is 44.8. The molecule has 0 rings (SSSR count). The van der Waals surface area contributed by atoms with Crippen LogP contribution in [0.25, 0.3) is 0 Å². The number of azo groups is 1. The molecule has 0 bridgehead atoms. The van der Waals surface area contributed by atoms with Gasteiger partial charge < -0.3 is 10.2 Å². The number of amides is 2. The zero-order chi connectivity index (χ0) is 19.0. The van der Waals surface area contributed by atoms with E-state index in [1.807, 2.05) is 0 Å². The molecular formula is C12H20N4O8. The summed E-state index contributed by atoms with van der Waals surface area (Å²) in [6.07, 6.45) is -1.62. The van der Waals surface area contributed by atoms with Gasteiger partial charge in [0.05, 0.1) is 0 Å². The van der Waals surface area contributed by atoms with Crippen LogP contribution in [0.4, 0.5) is 0 Å². The Kier molecular flexibility index (Phi) is 7.92. The second kappa shape index (κ2) is 8.88. The highest BCUT2D eigenvalue weighted by atomic mass is 16.5. The third-order valence-corrected chi connectivity index (χ3v) is 3.32. The van der Waals surface area contributed by atoms with Gasteiger partial charge in [-0.2, -0.15) is 10.2 Å². The topological polar surface area (TPSA) is 198 Å². The summed E-state index contributed by atoms with van der Waals surface area (Å²) >= 11 is 0. The Labute approximate surface area is 136 Å². The first kappa shape index (κ1) is 21.4. The molecule has 2 unspecified atom stereocenters. The molecule has 0 aromatic carbocycles. The molecule has 0 radical (unpaired) electrons. The molecule has 24 heavy (non-hydrogen) atoms. The van der Waals surface area contributed by atoms with E-state index in [9.17, 15) is 19.2 Å². The Balaban J connectivity index is 5.55. The van der Waals surface area contributed by atoms with Crippen molar-refractivity contribution in [3.8, 4) is 0 Å². The molecule has 0 spiro atoms. The Morgan fingerprint density at radius 2 is 1.08 bits per heavy atom. The monoisotopic (exact) mass is 348 g/mol. The molecule has 0 aromatic rings. The number of carboxylic acids is 2. The number of aliphatic carboxylic acids is 2. The SMILES string of the molecule is CC(CCC(=O)O)(N=NC(C)(CCC(=O)O)C(=O)NO)C(=O)NO. The van der Waals surface area contributed by atoms with Crippen LogP contribution < -0.4 is 11.0 Å². The van der Waals surface area contributed by atoms with Crippen LogP contribution in [0.15, 0.2) is 10.2 Å². The van der Waals surface area contributed by atoms with Crippen molar-refractivity contribution in [2.75, 3.05) is 0 Å². The van der Waals surface area contributed by atoms with Gasteiger partial charge in [0.15, 0.2) is 11.1 Å². The van der Waals surface area contributed by atoms with Crippen molar-refractivity contribution in [2.24, 2.45) is 10.2 Å². The maximum atomic E-state index is 11.7. The number of hydroxylamine groups is 2. The molecule has 136 valence electrons. The average Bonchev–Trinajstić information content (AvgIpc) is 2.54. The lowest BCUT2D eigenvalue weighted by atomic mass is 9.94. The minimum absolute atomic E-state index is 0.339. The van der Waals surface area contributed by atoms with Crippen molar-refractivity contribution in [1.82, 2.24) is 11.0 Å². The molecule has 0 heterocycles. The first-order valence-corrected chi connectivity index (χ1v) is 6.77. The van der Waals surface area contributed by atoms with Crippen molar-refractivity contribution in [1.29, 1.82) is 0 Å². The lowest BCUT2D eigenvalue weighted by Gasteiger charge is -2.25. The molecule has 0 aliphatic rings. The molecule has 0 saturated heterocycles. The Morgan fingerprint density at radius 1 is 0.792 bits per heavy atom. The van der Waals surface area contributed by atoms with Gasteiger partial charge >= 0.3 is 11.9 Å². The van der Waals surface area contributed by atoms with E-state index in [-0.39, 0.29) is 12.8 Å². The molecule has 0 fully saturated rings. The highest BCUT2D eigenvalue weighted by Crippen LogP contribution is 2.25. The van der Waals surface area contributed by atoms with Crippen LogP contribution in [-0.4, -0.2) is 55.5 Å². The van der Waals surface area contributed by atoms with Crippen molar-refractivity contribution in [2.45, 2.75) is 50.6 Å². The number of carbonyl (C=O) groups is 4. The highest BCUT2D eigenvalue weighted by molar-refractivity contribution is 5.87. The summed E-state index contributed by atoms with van der Waals surface area (Å²) in [5.74, 6) is -4.55. The van der Waals surface area contributed by atoms with Gasteiger partial charge in [-0.25, -0.2) is 11.0 Å². The summed E-state index contributed by atoms with van der Waals surface area (Å²) in [7, 11) is 0. The van der Waals surface area contributed by atoms with Gasteiger partial charge in [0.25, 0.3) is 11.8 Å². The second-order valence-corrected chi connectivity index (χ2v) is 5.42. The van der Waals surface area contributed by atoms with E-state index in [1.165, 1.54) is 24.8 Å². The number of hydrogen-bond acceptors (Lipinski definition) is 8. The zero-order valence-corrected chi connectivity index (χ0v) is 13.1. The second-order valence-electron chi connectivity index (χ2n) is 5.42. The molecule has 6 N–H and O–H groups in total. The fourth-order valence-corrected chi connectivity index (χ4v) is 1.58. The predicted octanol–water partition coefficient (Wildman–Crippen LogP) is -0.304. The fraction of sp³-hybridized carbons (Fsp3) is 0.667. The average molecular weight is 348 g/mol. The van der Waals surface area contributed by atoms with Crippen LogP contribution in [0, 0.1) is 0 Å². The summed E-state index contributed by atoms with van der Waals surface area (Å²) in [5, 5.41) is 42.2.